The van der Waals surface area contributed by atoms with Crippen LogP contribution >= 0.6 is 11.6 Å². The minimum absolute atomic E-state index is 0.0863. The number of rotatable bonds is 4. The molecule has 6 heteroatoms. The fourth-order valence-corrected chi connectivity index (χ4v) is 3.68. The molecule has 114 valence electrons. The molecule has 3 aromatic rings. The predicted octanol–water partition coefficient (Wildman–Crippen LogP) is 3.77. The van der Waals surface area contributed by atoms with Gasteiger partial charge in [0.1, 0.15) is 0 Å². The lowest BCUT2D eigenvalue weighted by atomic mass is 10.2. The molecule has 3 rings (SSSR count). The largest absolute Gasteiger partial charge is 0.351 e. The average Bonchev–Trinajstić information content (AvgIpc) is 2.82. The van der Waals surface area contributed by atoms with Crippen LogP contribution in [0.2, 0.25) is 5.02 Å². The standard InChI is InChI=1S/C16H15ClN2O2S/c1-19-9-8-13-10-15(6-7-16(13)19)18-22(20,21)11-12-2-4-14(17)5-3-12/h2-10,18H,11H2,1H3. The van der Waals surface area contributed by atoms with Gasteiger partial charge in [0, 0.05) is 34.9 Å². The Balaban J connectivity index is 1.81. The van der Waals surface area contributed by atoms with Gasteiger partial charge >= 0.3 is 0 Å². The molecule has 0 spiro atoms. The Hall–Kier alpha value is -1.98. The zero-order valence-corrected chi connectivity index (χ0v) is 13.5. The first-order valence-electron chi connectivity index (χ1n) is 6.73. The highest BCUT2D eigenvalue weighted by atomic mass is 35.5. The molecular weight excluding hydrogens is 320 g/mol. The van der Waals surface area contributed by atoms with Crippen molar-refractivity contribution in [2.45, 2.75) is 5.75 Å². The maximum absolute atomic E-state index is 12.2. The van der Waals surface area contributed by atoms with Crippen molar-refractivity contribution in [2.75, 3.05) is 4.72 Å². The van der Waals surface area contributed by atoms with Gasteiger partial charge in [-0.15, -0.1) is 0 Å². The van der Waals surface area contributed by atoms with Gasteiger partial charge in [0.05, 0.1) is 5.75 Å². The molecule has 1 aromatic heterocycles. The highest BCUT2D eigenvalue weighted by molar-refractivity contribution is 7.91. The maximum Gasteiger partial charge on any atom is 0.236 e. The molecule has 1 heterocycles. The van der Waals surface area contributed by atoms with Crippen LogP contribution in [0.3, 0.4) is 0 Å². The van der Waals surface area contributed by atoms with Crippen LogP contribution in [0.25, 0.3) is 10.9 Å². The third-order valence-corrected chi connectivity index (χ3v) is 4.94. The van der Waals surface area contributed by atoms with Crippen LogP contribution in [-0.2, 0) is 22.8 Å². The van der Waals surface area contributed by atoms with Crippen molar-refractivity contribution in [3.8, 4) is 0 Å². The Morgan fingerprint density at radius 1 is 1.09 bits per heavy atom. The third kappa shape index (κ3) is 3.26. The summed E-state index contributed by atoms with van der Waals surface area (Å²) < 4.78 is 29.1. The highest BCUT2D eigenvalue weighted by Crippen LogP contribution is 2.21. The summed E-state index contributed by atoms with van der Waals surface area (Å²) in [5, 5.41) is 1.58. The Kier molecular flexibility index (Phi) is 3.85. The van der Waals surface area contributed by atoms with Crippen LogP contribution in [-0.4, -0.2) is 13.0 Å². The van der Waals surface area contributed by atoms with E-state index in [1.54, 1.807) is 30.3 Å². The molecule has 0 aliphatic heterocycles. The number of halogens is 1. The number of sulfonamides is 1. The average molecular weight is 335 g/mol. The van der Waals surface area contributed by atoms with Crippen LogP contribution in [0, 0.1) is 0 Å². The molecule has 0 unspecified atom stereocenters. The number of nitrogens with one attached hydrogen (secondary N) is 1. The van der Waals surface area contributed by atoms with E-state index in [0.717, 1.165) is 10.9 Å². The lowest BCUT2D eigenvalue weighted by molar-refractivity contribution is 0.600. The molecule has 0 fully saturated rings. The van der Waals surface area contributed by atoms with Crippen molar-refractivity contribution in [2.24, 2.45) is 7.05 Å². The van der Waals surface area contributed by atoms with Crippen LogP contribution in [0.5, 0.6) is 0 Å². The molecule has 0 bridgehead atoms. The van der Waals surface area contributed by atoms with Gasteiger partial charge in [-0.1, -0.05) is 23.7 Å². The van der Waals surface area contributed by atoms with E-state index in [-0.39, 0.29) is 5.75 Å². The van der Waals surface area contributed by atoms with Crippen LogP contribution < -0.4 is 4.72 Å². The van der Waals surface area contributed by atoms with E-state index in [2.05, 4.69) is 4.72 Å². The van der Waals surface area contributed by atoms with E-state index in [1.165, 1.54) is 0 Å². The number of hydrogen-bond donors (Lipinski definition) is 1. The molecule has 0 aliphatic rings. The molecule has 4 nitrogen and oxygen atoms in total. The number of nitrogens with zero attached hydrogens (tertiary/aromatic N) is 1. The third-order valence-electron chi connectivity index (χ3n) is 3.43. The Bertz CT molecular complexity index is 915. The number of aryl methyl sites for hydroxylation is 1. The summed E-state index contributed by atoms with van der Waals surface area (Å²) >= 11 is 5.80. The van der Waals surface area contributed by atoms with Gasteiger partial charge in [-0.25, -0.2) is 8.42 Å². The van der Waals surface area contributed by atoms with Crippen molar-refractivity contribution in [3.63, 3.8) is 0 Å². The zero-order valence-electron chi connectivity index (χ0n) is 12.0. The molecular formula is C16H15ClN2O2S. The molecule has 0 saturated heterocycles. The van der Waals surface area contributed by atoms with Gasteiger partial charge in [-0.2, -0.15) is 0 Å². The summed E-state index contributed by atoms with van der Waals surface area (Å²) in [5.74, 6) is -0.0863. The molecule has 0 amide bonds. The van der Waals surface area contributed by atoms with Crippen LogP contribution in [0.15, 0.2) is 54.7 Å². The molecule has 0 aliphatic carbocycles. The maximum atomic E-state index is 12.2. The van der Waals surface area contributed by atoms with E-state index >= 15 is 0 Å². The molecule has 1 N–H and O–H groups in total. The van der Waals surface area contributed by atoms with Gasteiger partial charge in [0.15, 0.2) is 0 Å². The Morgan fingerprint density at radius 2 is 1.82 bits per heavy atom. The quantitative estimate of drug-likeness (QED) is 0.789. The van der Waals surface area contributed by atoms with E-state index in [9.17, 15) is 8.42 Å². The topological polar surface area (TPSA) is 51.1 Å². The monoisotopic (exact) mass is 334 g/mol. The SMILES string of the molecule is Cn1ccc2cc(NS(=O)(=O)Cc3ccc(Cl)cc3)ccc21. The van der Waals surface area contributed by atoms with Crippen molar-refractivity contribution >= 4 is 38.2 Å². The normalized spacial score (nSPS) is 11.7. The minimum Gasteiger partial charge on any atom is -0.351 e. The van der Waals surface area contributed by atoms with E-state index in [0.29, 0.717) is 16.3 Å². The zero-order chi connectivity index (χ0) is 15.7. The smallest absolute Gasteiger partial charge is 0.236 e. The van der Waals surface area contributed by atoms with Crippen molar-refractivity contribution in [3.05, 3.63) is 65.3 Å². The van der Waals surface area contributed by atoms with E-state index in [4.69, 9.17) is 11.6 Å². The summed E-state index contributed by atoms with van der Waals surface area (Å²) in [6, 6.07) is 14.2. The van der Waals surface area contributed by atoms with Gasteiger partial charge in [-0.3, -0.25) is 4.72 Å². The van der Waals surface area contributed by atoms with Gasteiger partial charge < -0.3 is 4.57 Å². The molecule has 0 saturated carbocycles. The Morgan fingerprint density at radius 3 is 2.55 bits per heavy atom. The van der Waals surface area contributed by atoms with Gasteiger partial charge in [-0.05, 0) is 42.0 Å². The first kappa shape index (κ1) is 14.9. The first-order valence-corrected chi connectivity index (χ1v) is 8.76. The first-order chi connectivity index (χ1) is 10.4. The molecule has 22 heavy (non-hydrogen) atoms. The lowest BCUT2D eigenvalue weighted by Crippen LogP contribution is -2.15. The minimum atomic E-state index is -3.46. The summed E-state index contributed by atoms with van der Waals surface area (Å²) in [4.78, 5) is 0. The number of hydrogen-bond acceptors (Lipinski definition) is 2. The molecule has 2 aromatic carbocycles. The van der Waals surface area contributed by atoms with Crippen LogP contribution in [0.4, 0.5) is 5.69 Å². The predicted molar refractivity (Wildman–Crippen MR) is 90.6 cm³/mol. The summed E-state index contributed by atoms with van der Waals surface area (Å²) in [5.41, 5.74) is 2.31. The number of aromatic nitrogens is 1. The number of fused-ring (bicyclic) bond motifs is 1. The van der Waals surface area contributed by atoms with Crippen molar-refractivity contribution in [1.82, 2.24) is 4.57 Å². The highest BCUT2D eigenvalue weighted by Gasteiger charge is 2.12. The van der Waals surface area contributed by atoms with Crippen LogP contribution in [0.1, 0.15) is 5.56 Å². The summed E-state index contributed by atoms with van der Waals surface area (Å²) in [6.45, 7) is 0. The fourth-order valence-electron chi connectivity index (χ4n) is 2.36. The molecule has 0 radical (unpaired) electrons. The molecule has 0 atom stereocenters. The van der Waals surface area contributed by atoms with E-state index < -0.39 is 10.0 Å². The number of benzene rings is 2. The summed E-state index contributed by atoms with van der Waals surface area (Å²) in [7, 11) is -1.51. The van der Waals surface area contributed by atoms with Crippen molar-refractivity contribution in [1.29, 1.82) is 0 Å². The fraction of sp³-hybridized carbons (Fsp3) is 0.125. The Labute approximate surface area is 134 Å². The van der Waals surface area contributed by atoms with Gasteiger partial charge in [0.25, 0.3) is 0 Å². The second kappa shape index (κ2) is 5.66. The van der Waals surface area contributed by atoms with Gasteiger partial charge in [0.2, 0.25) is 10.0 Å². The number of anilines is 1. The van der Waals surface area contributed by atoms with Crippen molar-refractivity contribution < 1.29 is 8.42 Å². The lowest BCUT2D eigenvalue weighted by Gasteiger charge is -2.09. The second-order valence-electron chi connectivity index (χ2n) is 5.19. The van der Waals surface area contributed by atoms with E-state index in [1.807, 2.05) is 36.0 Å². The summed E-state index contributed by atoms with van der Waals surface area (Å²) in [6.07, 6.45) is 1.94. The second-order valence-corrected chi connectivity index (χ2v) is 7.35.